The fourth-order valence-electron chi connectivity index (χ4n) is 2.02. The quantitative estimate of drug-likeness (QED) is 0.724. The second-order valence-electron chi connectivity index (χ2n) is 4.65. The number of carbonyl (C=O) groups excluding carboxylic acids is 1. The Morgan fingerprint density at radius 3 is 2.86 bits per heavy atom. The summed E-state index contributed by atoms with van der Waals surface area (Å²) in [5, 5.41) is 9.81. The first kappa shape index (κ1) is 13.8. The van der Waals surface area contributed by atoms with Crippen LogP contribution in [0, 0.1) is 6.92 Å². The molecule has 6 nitrogen and oxygen atoms in total. The van der Waals surface area contributed by atoms with Crippen molar-refractivity contribution in [3.05, 3.63) is 60.3 Å². The predicted molar refractivity (Wildman–Crippen MR) is 82.9 cm³/mol. The largest absolute Gasteiger partial charge is 0.465 e. The maximum absolute atomic E-state index is 11.9. The number of pyridine rings is 1. The molecule has 3 rings (SSSR count). The van der Waals surface area contributed by atoms with Gasteiger partial charge in [-0.25, -0.2) is 0 Å². The molecule has 3 aromatic rings. The first-order valence-electron chi connectivity index (χ1n) is 6.72. The maximum atomic E-state index is 11.9. The van der Waals surface area contributed by atoms with Crippen LogP contribution in [0.1, 0.15) is 11.3 Å². The van der Waals surface area contributed by atoms with Gasteiger partial charge in [-0.3, -0.25) is 14.9 Å². The van der Waals surface area contributed by atoms with E-state index in [-0.39, 0.29) is 5.91 Å². The van der Waals surface area contributed by atoms with Gasteiger partial charge in [0.15, 0.2) is 5.82 Å². The average Bonchev–Trinajstić information content (AvgIpc) is 3.17. The second kappa shape index (κ2) is 6.09. The highest BCUT2D eigenvalue weighted by Gasteiger charge is 2.11. The Morgan fingerprint density at radius 1 is 1.32 bits per heavy atom. The molecule has 6 heteroatoms. The molecule has 0 atom stereocenters. The topological polar surface area (TPSA) is 83.8 Å². The molecule has 22 heavy (non-hydrogen) atoms. The molecule has 0 aromatic carbocycles. The van der Waals surface area contributed by atoms with E-state index in [0.717, 1.165) is 16.8 Å². The lowest BCUT2D eigenvalue weighted by atomic mass is 10.1. The minimum Gasteiger partial charge on any atom is -0.465 e. The van der Waals surface area contributed by atoms with E-state index in [0.29, 0.717) is 11.6 Å². The molecule has 0 aliphatic carbocycles. The number of furan rings is 1. The Kier molecular flexibility index (Phi) is 3.82. The molecule has 0 bridgehead atoms. The summed E-state index contributed by atoms with van der Waals surface area (Å²) in [5.41, 5.74) is 2.69. The smallest absolute Gasteiger partial charge is 0.249 e. The van der Waals surface area contributed by atoms with Crippen LogP contribution in [-0.2, 0) is 4.79 Å². The molecule has 0 saturated carbocycles. The van der Waals surface area contributed by atoms with E-state index in [4.69, 9.17) is 4.42 Å². The molecule has 110 valence electrons. The number of aromatic amines is 1. The molecule has 3 aromatic heterocycles. The fraction of sp³-hybridized carbons (Fsp3) is 0.0625. The van der Waals surface area contributed by atoms with Crippen LogP contribution in [0.15, 0.2) is 53.4 Å². The minimum atomic E-state index is -0.271. The van der Waals surface area contributed by atoms with E-state index in [9.17, 15) is 4.79 Å². The lowest BCUT2D eigenvalue weighted by Crippen LogP contribution is -2.09. The molecule has 0 unspecified atom stereocenters. The number of amides is 1. The van der Waals surface area contributed by atoms with Gasteiger partial charge >= 0.3 is 0 Å². The number of carbonyl (C=O) groups is 1. The van der Waals surface area contributed by atoms with Gasteiger partial charge in [-0.15, -0.1) is 0 Å². The number of nitrogens with zero attached hydrogens (tertiary/aromatic N) is 2. The van der Waals surface area contributed by atoms with Crippen LogP contribution in [0.2, 0.25) is 0 Å². The van der Waals surface area contributed by atoms with Gasteiger partial charge in [0.1, 0.15) is 5.76 Å². The number of nitrogens with one attached hydrogen (secondary N) is 2. The third-order valence-corrected chi connectivity index (χ3v) is 3.16. The number of H-pyrrole nitrogens is 1. The zero-order valence-corrected chi connectivity index (χ0v) is 11.9. The SMILES string of the molecule is Cc1c(NC(=O)C=Cc2ccco2)n[nH]c1-c1ccncc1. The fourth-order valence-corrected chi connectivity index (χ4v) is 2.02. The molecule has 1 amide bonds. The minimum absolute atomic E-state index is 0.271. The third kappa shape index (κ3) is 2.95. The van der Waals surface area contributed by atoms with Crippen LogP contribution in [0.5, 0.6) is 0 Å². The lowest BCUT2D eigenvalue weighted by molar-refractivity contribution is -0.111. The van der Waals surface area contributed by atoms with Gasteiger partial charge in [0, 0.05) is 29.6 Å². The zero-order chi connectivity index (χ0) is 15.4. The highest BCUT2D eigenvalue weighted by Crippen LogP contribution is 2.25. The van der Waals surface area contributed by atoms with Crippen molar-refractivity contribution < 1.29 is 9.21 Å². The van der Waals surface area contributed by atoms with Crippen molar-refractivity contribution in [1.82, 2.24) is 15.2 Å². The van der Waals surface area contributed by atoms with E-state index in [1.54, 1.807) is 36.9 Å². The molecule has 0 radical (unpaired) electrons. The van der Waals surface area contributed by atoms with Crippen LogP contribution in [0.3, 0.4) is 0 Å². The molecule has 0 spiro atoms. The third-order valence-electron chi connectivity index (χ3n) is 3.16. The number of hydrogen-bond donors (Lipinski definition) is 2. The van der Waals surface area contributed by atoms with Gasteiger partial charge in [0.2, 0.25) is 5.91 Å². The van der Waals surface area contributed by atoms with E-state index >= 15 is 0 Å². The van der Waals surface area contributed by atoms with Crippen LogP contribution < -0.4 is 5.32 Å². The van der Waals surface area contributed by atoms with Crippen LogP contribution in [0.25, 0.3) is 17.3 Å². The first-order chi connectivity index (χ1) is 10.7. The van der Waals surface area contributed by atoms with Crippen molar-refractivity contribution in [1.29, 1.82) is 0 Å². The summed E-state index contributed by atoms with van der Waals surface area (Å²) in [6.45, 7) is 1.89. The van der Waals surface area contributed by atoms with Crippen molar-refractivity contribution in [3.63, 3.8) is 0 Å². The van der Waals surface area contributed by atoms with Gasteiger partial charge in [0.25, 0.3) is 0 Å². The molecule has 0 fully saturated rings. The molecule has 0 aliphatic heterocycles. The van der Waals surface area contributed by atoms with Crippen molar-refractivity contribution in [2.45, 2.75) is 6.92 Å². The molecule has 0 saturated heterocycles. The highest BCUT2D eigenvalue weighted by atomic mass is 16.3. The summed E-state index contributed by atoms with van der Waals surface area (Å²) in [6.07, 6.45) is 7.97. The molecule has 2 N–H and O–H groups in total. The zero-order valence-electron chi connectivity index (χ0n) is 11.9. The standard InChI is InChI=1S/C16H14N4O2/c1-11-15(12-6-8-17-9-7-12)19-20-16(11)18-14(21)5-4-13-3-2-10-22-13/h2-10H,1H3,(H2,18,19,20,21). The Morgan fingerprint density at radius 2 is 2.14 bits per heavy atom. The number of hydrogen-bond acceptors (Lipinski definition) is 4. The maximum Gasteiger partial charge on any atom is 0.249 e. The first-order valence-corrected chi connectivity index (χ1v) is 6.72. The van der Waals surface area contributed by atoms with Gasteiger partial charge in [-0.2, -0.15) is 5.10 Å². The molecule has 0 aliphatic rings. The monoisotopic (exact) mass is 294 g/mol. The van der Waals surface area contributed by atoms with E-state index < -0.39 is 0 Å². The Hall–Kier alpha value is -3.15. The van der Waals surface area contributed by atoms with Crippen molar-refractivity contribution >= 4 is 17.8 Å². The molecular formula is C16H14N4O2. The highest BCUT2D eigenvalue weighted by molar-refractivity contribution is 6.02. The van der Waals surface area contributed by atoms with Crippen LogP contribution >= 0.6 is 0 Å². The van der Waals surface area contributed by atoms with E-state index in [1.807, 2.05) is 19.1 Å². The summed E-state index contributed by atoms with van der Waals surface area (Å²) in [7, 11) is 0. The summed E-state index contributed by atoms with van der Waals surface area (Å²) in [6, 6.07) is 7.29. The Bertz CT molecular complexity index is 789. The van der Waals surface area contributed by atoms with Gasteiger partial charge in [-0.05, 0) is 37.3 Å². The lowest BCUT2D eigenvalue weighted by Gasteiger charge is -2.00. The summed E-state index contributed by atoms with van der Waals surface area (Å²) in [5.74, 6) is 0.847. The van der Waals surface area contributed by atoms with E-state index in [2.05, 4.69) is 20.5 Å². The normalized spacial score (nSPS) is 11.0. The second-order valence-corrected chi connectivity index (χ2v) is 4.65. The summed E-state index contributed by atoms with van der Waals surface area (Å²) in [4.78, 5) is 15.9. The van der Waals surface area contributed by atoms with Crippen molar-refractivity contribution in [3.8, 4) is 11.3 Å². The van der Waals surface area contributed by atoms with Gasteiger partial charge in [-0.1, -0.05) is 0 Å². The van der Waals surface area contributed by atoms with Gasteiger partial charge in [0.05, 0.1) is 12.0 Å². The van der Waals surface area contributed by atoms with Crippen molar-refractivity contribution in [2.75, 3.05) is 5.32 Å². The van der Waals surface area contributed by atoms with Crippen LogP contribution in [-0.4, -0.2) is 21.1 Å². The van der Waals surface area contributed by atoms with Crippen molar-refractivity contribution in [2.24, 2.45) is 0 Å². The Balaban J connectivity index is 1.74. The van der Waals surface area contributed by atoms with Gasteiger partial charge < -0.3 is 9.73 Å². The number of rotatable bonds is 4. The number of anilines is 1. The number of aromatic nitrogens is 3. The average molecular weight is 294 g/mol. The molecule has 3 heterocycles. The summed E-state index contributed by atoms with van der Waals surface area (Å²) >= 11 is 0. The molecular weight excluding hydrogens is 280 g/mol. The summed E-state index contributed by atoms with van der Waals surface area (Å²) < 4.78 is 5.13. The predicted octanol–water partition coefficient (Wildman–Crippen LogP) is 3.03. The Labute approximate surface area is 126 Å². The van der Waals surface area contributed by atoms with Crippen LogP contribution in [0.4, 0.5) is 5.82 Å². The van der Waals surface area contributed by atoms with E-state index in [1.165, 1.54) is 6.08 Å².